The number of benzene rings is 1. The Morgan fingerprint density at radius 2 is 1.86 bits per heavy atom. The monoisotopic (exact) mass is 506 g/mol. The highest BCUT2D eigenvalue weighted by atomic mass is 19.1. The van der Waals surface area contributed by atoms with E-state index < -0.39 is 24.0 Å². The molecular formula is C26H36F2N4O4. The first-order valence-electron chi connectivity index (χ1n) is 13.1. The van der Waals surface area contributed by atoms with Crippen LogP contribution in [0.15, 0.2) is 16.7 Å². The minimum Gasteiger partial charge on any atom is -0.493 e. The van der Waals surface area contributed by atoms with Gasteiger partial charge < -0.3 is 24.4 Å². The molecule has 0 amide bonds. The highest BCUT2D eigenvalue weighted by Gasteiger charge is 2.43. The van der Waals surface area contributed by atoms with Crippen LogP contribution in [0.1, 0.15) is 56.8 Å². The number of piperidine rings is 1. The molecule has 1 aromatic carbocycles. The van der Waals surface area contributed by atoms with Gasteiger partial charge in [0.15, 0.2) is 5.82 Å². The van der Waals surface area contributed by atoms with Gasteiger partial charge in [-0.25, -0.2) is 8.78 Å². The van der Waals surface area contributed by atoms with E-state index in [1.54, 1.807) is 4.90 Å². The molecule has 3 aliphatic rings. The fourth-order valence-electron chi connectivity index (χ4n) is 5.52. The molecule has 2 aliphatic heterocycles. The average Bonchev–Trinajstić information content (AvgIpc) is 3.41. The second-order valence-corrected chi connectivity index (χ2v) is 10.9. The van der Waals surface area contributed by atoms with E-state index >= 15 is 0 Å². The molecule has 0 radical (unpaired) electrons. The van der Waals surface area contributed by atoms with Crippen LogP contribution in [-0.4, -0.2) is 70.4 Å². The first-order chi connectivity index (χ1) is 17.3. The number of aliphatic hydroxyl groups excluding tert-OH is 2. The fourth-order valence-corrected chi connectivity index (χ4v) is 5.52. The predicted octanol–water partition coefficient (Wildman–Crippen LogP) is 3.33. The molecule has 8 nitrogen and oxygen atoms in total. The van der Waals surface area contributed by atoms with Gasteiger partial charge in [-0.2, -0.15) is 4.98 Å². The zero-order valence-corrected chi connectivity index (χ0v) is 20.9. The summed E-state index contributed by atoms with van der Waals surface area (Å²) in [5, 5.41) is 23.5. The van der Waals surface area contributed by atoms with E-state index in [0.717, 1.165) is 38.2 Å². The average molecular weight is 507 g/mol. The van der Waals surface area contributed by atoms with Crippen molar-refractivity contribution in [1.29, 1.82) is 0 Å². The van der Waals surface area contributed by atoms with Gasteiger partial charge in [-0.15, -0.1) is 0 Å². The minimum absolute atomic E-state index is 0.161. The third-order valence-corrected chi connectivity index (χ3v) is 7.91. The highest BCUT2D eigenvalue weighted by Crippen LogP contribution is 2.50. The van der Waals surface area contributed by atoms with Crippen molar-refractivity contribution < 1.29 is 28.3 Å². The van der Waals surface area contributed by atoms with Crippen molar-refractivity contribution in [3.8, 4) is 5.75 Å². The van der Waals surface area contributed by atoms with Gasteiger partial charge in [-0.1, -0.05) is 19.0 Å². The quantitative estimate of drug-likeness (QED) is 0.507. The Kier molecular flexibility index (Phi) is 7.46. The second kappa shape index (κ2) is 10.6. The molecule has 1 aliphatic carbocycles. The standard InChI is InChI=1S/C26H36F2N4O4/c1-15(2)25-29-26(36-30-25)31-6-3-16(4-7-31)20-9-17(20)5-8-35-19-10-22(27)21(23(28)11-19)12-24(34)32-13-18(33)14-32/h10-11,15-18,20,24,33-34H,3-9,12-14H2,1-2H3/t17-,20-,24?/m1/s1. The number of aromatic nitrogens is 2. The van der Waals surface area contributed by atoms with Crippen LogP contribution in [0.3, 0.4) is 0 Å². The summed E-state index contributed by atoms with van der Waals surface area (Å²) in [6.45, 7) is 6.98. The lowest BCUT2D eigenvalue weighted by Crippen LogP contribution is -2.56. The van der Waals surface area contributed by atoms with Gasteiger partial charge >= 0.3 is 6.01 Å². The van der Waals surface area contributed by atoms with Crippen LogP contribution in [0.25, 0.3) is 0 Å². The van der Waals surface area contributed by atoms with Gasteiger partial charge in [0.2, 0.25) is 0 Å². The van der Waals surface area contributed by atoms with Crippen molar-refractivity contribution in [2.45, 2.75) is 64.2 Å². The number of aliphatic hydroxyl groups is 2. The Morgan fingerprint density at radius 3 is 2.47 bits per heavy atom. The van der Waals surface area contributed by atoms with Gasteiger partial charge in [0.25, 0.3) is 0 Å². The van der Waals surface area contributed by atoms with Gasteiger partial charge in [0, 0.05) is 56.2 Å². The normalized spacial score (nSPS) is 24.2. The maximum Gasteiger partial charge on any atom is 0.324 e. The third kappa shape index (κ3) is 5.65. The van der Waals surface area contributed by atoms with Crippen LogP contribution in [0.4, 0.5) is 14.8 Å². The van der Waals surface area contributed by atoms with Crippen molar-refractivity contribution in [3.63, 3.8) is 0 Å². The van der Waals surface area contributed by atoms with E-state index in [0.29, 0.717) is 43.5 Å². The topological polar surface area (TPSA) is 95.1 Å². The summed E-state index contributed by atoms with van der Waals surface area (Å²) in [5.41, 5.74) is -0.161. The number of anilines is 1. The largest absolute Gasteiger partial charge is 0.493 e. The number of β-amino-alcohol motifs (C(OH)–C–C–N with tert-alkyl or cyclic N) is 1. The van der Waals surface area contributed by atoms with Gasteiger partial charge in [-0.3, -0.25) is 4.90 Å². The van der Waals surface area contributed by atoms with Crippen molar-refractivity contribution in [1.82, 2.24) is 15.0 Å². The van der Waals surface area contributed by atoms with Crippen molar-refractivity contribution in [2.24, 2.45) is 17.8 Å². The zero-order chi connectivity index (χ0) is 25.4. The molecule has 3 fully saturated rings. The number of nitrogens with zero attached hydrogens (tertiary/aromatic N) is 4. The maximum atomic E-state index is 14.5. The van der Waals surface area contributed by atoms with Crippen LogP contribution in [-0.2, 0) is 6.42 Å². The molecule has 0 spiro atoms. The summed E-state index contributed by atoms with van der Waals surface area (Å²) in [6.07, 6.45) is 2.57. The zero-order valence-electron chi connectivity index (χ0n) is 20.9. The Balaban J connectivity index is 1.04. The summed E-state index contributed by atoms with van der Waals surface area (Å²) >= 11 is 0. The second-order valence-electron chi connectivity index (χ2n) is 10.9. The van der Waals surface area contributed by atoms with Crippen molar-refractivity contribution in [2.75, 3.05) is 37.7 Å². The molecule has 2 aromatic rings. The van der Waals surface area contributed by atoms with Gasteiger partial charge in [0.05, 0.1) is 12.7 Å². The predicted molar refractivity (Wildman–Crippen MR) is 129 cm³/mol. The smallest absolute Gasteiger partial charge is 0.324 e. The van der Waals surface area contributed by atoms with Gasteiger partial charge in [-0.05, 0) is 43.4 Å². The van der Waals surface area contributed by atoms with Crippen molar-refractivity contribution in [3.05, 3.63) is 35.2 Å². The summed E-state index contributed by atoms with van der Waals surface area (Å²) in [4.78, 5) is 8.26. The SMILES string of the molecule is CC(C)c1noc(N2CCC([C@H]3C[C@H]3CCOc3cc(F)c(CC(O)N4CC(O)C4)c(F)c3)CC2)n1. The number of ether oxygens (including phenoxy) is 1. The van der Waals surface area contributed by atoms with Crippen LogP contribution in [0.5, 0.6) is 5.75 Å². The lowest BCUT2D eigenvalue weighted by molar-refractivity contribution is -0.0982. The third-order valence-electron chi connectivity index (χ3n) is 7.91. The molecule has 2 saturated heterocycles. The molecule has 36 heavy (non-hydrogen) atoms. The Hall–Kier alpha value is -2.30. The summed E-state index contributed by atoms with van der Waals surface area (Å²) in [7, 11) is 0. The molecule has 0 bridgehead atoms. The first-order valence-corrected chi connectivity index (χ1v) is 13.1. The van der Waals surface area contributed by atoms with E-state index in [4.69, 9.17) is 9.26 Å². The van der Waals surface area contributed by atoms with E-state index in [9.17, 15) is 19.0 Å². The summed E-state index contributed by atoms with van der Waals surface area (Å²) < 4.78 is 40.1. The number of hydrogen-bond acceptors (Lipinski definition) is 8. The Labute approximate surface area is 210 Å². The molecule has 3 atom stereocenters. The maximum absolute atomic E-state index is 14.5. The number of likely N-dealkylation sites (tertiary alicyclic amines) is 1. The molecule has 2 N–H and O–H groups in total. The fraction of sp³-hybridized carbons (Fsp3) is 0.692. The molecule has 1 unspecified atom stereocenters. The first kappa shape index (κ1) is 25.4. The van der Waals surface area contributed by atoms with Crippen molar-refractivity contribution >= 4 is 6.01 Å². The molecule has 1 aromatic heterocycles. The Morgan fingerprint density at radius 1 is 1.17 bits per heavy atom. The van der Waals surface area contributed by atoms with Crippen LogP contribution in [0, 0.1) is 29.4 Å². The molecule has 198 valence electrons. The lowest BCUT2D eigenvalue weighted by Gasteiger charge is -2.39. The van der Waals surface area contributed by atoms with E-state index in [1.807, 2.05) is 13.8 Å². The van der Waals surface area contributed by atoms with E-state index in [2.05, 4.69) is 15.0 Å². The Bertz CT molecular complexity index is 1010. The minimum atomic E-state index is -1.02. The van der Waals surface area contributed by atoms with Gasteiger partial charge in [0.1, 0.15) is 23.6 Å². The van der Waals surface area contributed by atoms with E-state index in [-0.39, 0.29) is 23.7 Å². The number of rotatable bonds is 10. The number of halogens is 2. The summed E-state index contributed by atoms with van der Waals surface area (Å²) in [6, 6.07) is 3.01. The van der Waals surface area contributed by atoms with E-state index in [1.165, 1.54) is 18.6 Å². The molecule has 10 heteroatoms. The molecule has 1 saturated carbocycles. The molecular weight excluding hydrogens is 470 g/mol. The molecule has 3 heterocycles. The number of hydrogen-bond donors (Lipinski definition) is 2. The highest BCUT2D eigenvalue weighted by molar-refractivity contribution is 5.31. The van der Waals surface area contributed by atoms with Crippen LogP contribution in [0.2, 0.25) is 0 Å². The van der Waals surface area contributed by atoms with Crippen LogP contribution < -0.4 is 9.64 Å². The molecule has 5 rings (SSSR count). The summed E-state index contributed by atoms with van der Waals surface area (Å²) in [5.74, 6) is 1.68. The lowest BCUT2D eigenvalue weighted by atomic mass is 9.90. The van der Waals surface area contributed by atoms with Crippen LogP contribution >= 0.6 is 0 Å².